The summed E-state index contributed by atoms with van der Waals surface area (Å²) in [5.41, 5.74) is 4.13. The molecule has 1 amide bonds. The van der Waals surface area contributed by atoms with Crippen LogP contribution in [0, 0.1) is 13.8 Å². The van der Waals surface area contributed by atoms with Crippen LogP contribution in [0.1, 0.15) is 22.5 Å². The third kappa shape index (κ3) is 4.64. The molecule has 7 heteroatoms. The Morgan fingerprint density at radius 1 is 1.12 bits per heavy atom. The third-order valence-electron chi connectivity index (χ3n) is 3.78. The molecule has 0 fully saturated rings. The van der Waals surface area contributed by atoms with E-state index in [2.05, 4.69) is 21.6 Å². The van der Waals surface area contributed by atoms with E-state index in [9.17, 15) is 4.79 Å². The standard InChI is InChI=1S/C19H21N5OS/c1-13-8-14(2)10-16(9-13)21-18(25)12-26-19-23-22-17(24(19)20)11-15-6-4-3-5-7-15/h3-10H,11-12,20H2,1-2H3,(H,21,25). The Hall–Kier alpha value is -2.80. The number of thioether (sulfide) groups is 1. The summed E-state index contributed by atoms with van der Waals surface area (Å²) in [5, 5.41) is 11.6. The van der Waals surface area contributed by atoms with Gasteiger partial charge in [-0.2, -0.15) is 0 Å². The number of hydrogen-bond acceptors (Lipinski definition) is 5. The quantitative estimate of drug-likeness (QED) is 0.517. The van der Waals surface area contributed by atoms with Crippen LogP contribution in [0.2, 0.25) is 0 Å². The van der Waals surface area contributed by atoms with Crippen LogP contribution in [-0.2, 0) is 11.2 Å². The Morgan fingerprint density at radius 2 is 1.81 bits per heavy atom. The molecule has 0 unspecified atom stereocenters. The zero-order chi connectivity index (χ0) is 18.5. The normalized spacial score (nSPS) is 10.7. The maximum Gasteiger partial charge on any atom is 0.234 e. The summed E-state index contributed by atoms with van der Waals surface area (Å²) in [6, 6.07) is 15.9. The maximum atomic E-state index is 12.2. The molecule has 3 rings (SSSR count). The number of hydrogen-bond donors (Lipinski definition) is 2. The van der Waals surface area contributed by atoms with Gasteiger partial charge in [0.05, 0.1) is 5.75 Å². The molecule has 3 N–H and O–H groups in total. The topological polar surface area (TPSA) is 85.8 Å². The summed E-state index contributed by atoms with van der Waals surface area (Å²) < 4.78 is 1.45. The number of aromatic nitrogens is 3. The fourth-order valence-electron chi connectivity index (χ4n) is 2.68. The van der Waals surface area contributed by atoms with Gasteiger partial charge in [0.2, 0.25) is 11.1 Å². The monoisotopic (exact) mass is 367 g/mol. The molecule has 0 aliphatic carbocycles. The van der Waals surface area contributed by atoms with Crippen molar-refractivity contribution in [2.24, 2.45) is 0 Å². The second-order valence-corrected chi connectivity index (χ2v) is 7.09. The smallest absolute Gasteiger partial charge is 0.234 e. The minimum Gasteiger partial charge on any atom is -0.336 e. The molecule has 1 aromatic heterocycles. The van der Waals surface area contributed by atoms with Gasteiger partial charge in [-0.15, -0.1) is 10.2 Å². The van der Waals surface area contributed by atoms with E-state index in [-0.39, 0.29) is 11.7 Å². The van der Waals surface area contributed by atoms with Crippen molar-refractivity contribution in [3.8, 4) is 0 Å². The average Bonchev–Trinajstić information content (AvgIpc) is 2.93. The van der Waals surface area contributed by atoms with Gasteiger partial charge in [-0.1, -0.05) is 48.2 Å². The van der Waals surface area contributed by atoms with Gasteiger partial charge in [0.25, 0.3) is 0 Å². The molecule has 3 aromatic rings. The van der Waals surface area contributed by atoms with Gasteiger partial charge in [-0.3, -0.25) is 4.79 Å². The van der Waals surface area contributed by atoms with Crippen molar-refractivity contribution in [2.75, 3.05) is 16.9 Å². The van der Waals surface area contributed by atoms with E-state index in [1.54, 1.807) is 0 Å². The second-order valence-electron chi connectivity index (χ2n) is 6.14. The van der Waals surface area contributed by atoms with E-state index >= 15 is 0 Å². The zero-order valence-electron chi connectivity index (χ0n) is 14.8. The molecular weight excluding hydrogens is 346 g/mol. The zero-order valence-corrected chi connectivity index (χ0v) is 15.6. The molecule has 0 radical (unpaired) electrons. The van der Waals surface area contributed by atoms with Gasteiger partial charge in [0.1, 0.15) is 0 Å². The van der Waals surface area contributed by atoms with Crippen LogP contribution >= 0.6 is 11.8 Å². The van der Waals surface area contributed by atoms with Crippen molar-refractivity contribution in [1.29, 1.82) is 0 Å². The highest BCUT2D eigenvalue weighted by atomic mass is 32.2. The van der Waals surface area contributed by atoms with Gasteiger partial charge >= 0.3 is 0 Å². The molecule has 134 valence electrons. The molecule has 0 aliphatic heterocycles. The lowest BCUT2D eigenvalue weighted by atomic mass is 10.1. The molecule has 0 saturated heterocycles. The summed E-state index contributed by atoms with van der Waals surface area (Å²) >= 11 is 1.27. The lowest BCUT2D eigenvalue weighted by molar-refractivity contribution is -0.113. The van der Waals surface area contributed by atoms with E-state index in [4.69, 9.17) is 5.84 Å². The second kappa shape index (κ2) is 8.05. The summed E-state index contributed by atoms with van der Waals surface area (Å²) in [7, 11) is 0. The van der Waals surface area contributed by atoms with Crippen molar-refractivity contribution >= 4 is 23.4 Å². The first-order valence-electron chi connectivity index (χ1n) is 8.25. The molecule has 26 heavy (non-hydrogen) atoms. The minimum atomic E-state index is -0.104. The van der Waals surface area contributed by atoms with Crippen LogP contribution in [0.4, 0.5) is 5.69 Å². The van der Waals surface area contributed by atoms with Crippen molar-refractivity contribution in [2.45, 2.75) is 25.4 Å². The van der Waals surface area contributed by atoms with E-state index in [1.165, 1.54) is 16.4 Å². The van der Waals surface area contributed by atoms with Gasteiger partial charge in [-0.25, -0.2) is 4.68 Å². The number of benzene rings is 2. The summed E-state index contributed by atoms with van der Waals surface area (Å²) in [4.78, 5) is 12.2. The Labute approximate surface area is 156 Å². The molecule has 0 spiro atoms. The first-order valence-corrected chi connectivity index (χ1v) is 9.24. The Morgan fingerprint density at radius 3 is 2.50 bits per heavy atom. The lowest BCUT2D eigenvalue weighted by Gasteiger charge is -2.07. The molecule has 0 saturated carbocycles. The van der Waals surface area contributed by atoms with E-state index in [0.29, 0.717) is 17.4 Å². The molecule has 1 heterocycles. The van der Waals surface area contributed by atoms with Crippen LogP contribution in [-0.4, -0.2) is 26.5 Å². The molecular formula is C19H21N5OS. The number of carbonyl (C=O) groups excluding carboxylic acids is 1. The number of nitrogens with two attached hydrogens (primary N) is 1. The van der Waals surface area contributed by atoms with Crippen LogP contribution < -0.4 is 11.2 Å². The van der Waals surface area contributed by atoms with Crippen LogP contribution in [0.25, 0.3) is 0 Å². The van der Waals surface area contributed by atoms with Crippen molar-refractivity contribution in [1.82, 2.24) is 14.9 Å². The number of nitrogen functional groups attached to an aromatic ring is 1. The molecule has 0 aliphatic rings. The number of aryl methyl sites for hydroxylation is 2. The average molecular weight is 367 g/mol. The highest BCUT2D eigenvalue weighted by Crippen LogP contribution is 2.18. The molecule has 0 atom stereocenters. The van der Waals surface area contributed by atoms with Crippen LogP contribution in [0.3, 0.4) is 0 Å². The Bertz CT molecular complexity index is 887. The van der Waals surface area contributed by atoms with E-state index in [1.807, 2.05) is 56.3 Å². The molecule has 2 aromatic carbocycles. The largest absolute Gasteiger partial charge is 0.336 e. The fourth-order valence-corrected chi connectivity index (χ4v) is 3.35. The van der Waals surface area contributed by atoms with Gasteiger partial charge in [0.15, 0.2) is 5.82 Å². The van der Waals surface area contributed by atoms with Crippen LogP contribution in [0.15, 0.2) is 53.7 Å². The summed E-state index contributed by atoms with van der Waals surface area (Å²) in [5.74, 6) is 6.84. The number of nitrogens with one attached hydrogen (secondary N) is 1. The first-order chi connectivity index (χ1) is 12.5. The van der Waals surface area contributed by atoms with Crippen LogP contribution in [0.5, 0.6) is 0 Å². The van der Waals surface area contributed by atoms with Gasteiger partial charge < -0.3 is 11.2 Å². The first kappa shape index (κ1) is 18.0. The highest BCUT2D eigenvalue weighted by molar-refractivity contribution is 7.99. The van der Waals surface area contributed by atoms with E-state index in [0.717, 1.165) is 22.4 Å². The maximum absolute atomic E-state index is 12.2. The number of nitrogens with zero attached hydrogens (tertiary/aromatic N) is 3. The lowest BCUT2D eigenvalue weighted by Crippen LogP contribution is -2.17. The molecule has 6 nitrogen and oxygen atoms in total. The minimum absolute atomic E-state index is 0.104. The Balaban J connectivity index is 1.58. The Kier molecular flexibility index (Phi) is 5.58. The third-order valence-corrected chi connectivity index (χ3v) is 4.72. The molecule has 0 bridgehead atoms. The highest BCUT2D eigenvalue weighted by Gasteiger charge is 2.13. The number of rotatable bonds is 6. The van der Waals surface area contributed by atoms with Gasteiger partial charge in [-0.05, 0) is 42.7 Å². The predicted octanol–water partition coefficient (Wildman–Crippen LogP) is 2.93. The number of anilines is 1. The van der Waals surface area contributed by atoms with Crippen molar-refractivity contribution in [3.63, 3.8) is 0 Å². The van der Waals surface area contributed by atoms with Crippen molar-refractivity contribution in [3.05, 3.63) is 71.0 Å². The van der Waals surface area contributed by atoms with Gasteiger partial charge in [0, 0.05) is 12.1 Å². The predicted molar refractivity (Wildman–Crippen MR) is 105 cm³/mol. The number of carbonyl (C=O) groups is 1. The van der Waals surface area contributed by atoms with E-state index < -0.39 is 0 Å². The van der Waals surface area contributed by atoms with Crippen molar-refractivity contribution < 1.29 is 4.79 Å². The number of amides is 1. The summed E-state index contributed by atoms with van der Waals surface area (Å²) in [6.45, 7) is 4.01. The fraction of sp³-hybridized carbons (Fsp3) is 0.211. The SMILES string of the molecule is Cc1cc(C)cc(NC(=O)CSc2nnc(Cc3ccccc3)n2N)c1. The summed E-state index contributed by atoms with van der Waals surface area (Å²) in [6.07, 6.45) is 0.597.